The third-order valence-electron chi connectivity index (χ3n) is 5.49. The average molecular weight is 472 g/mol. The number of hydrogen-bond acceptors (Lipinski definition) is 4. The zero-order valence-corrected chi connectivity index (χ0v) is 19.2. The van der Waals surface area contributed by atoms with Gasteiger partial charge < -0.3 is 19.0 Å². The second-order valence-electron chi connectivity index (χ2n) is 7.87. The molecule has 34 heavy (non-hydrogen) atoms. The first kappa shape index (κ1) is 21.7. The van der Waals surface area contributed by atoms with Gasteiger partial charge in [-0.15, -0.1) is 0 Å². The van der Waals surface area contributed by atoms with Gasteiger partial charge in [0.15, 0.2) is 0 Å². The number of halogens is 1. The summed E-state index contributed by atoms with van der Waals surface area (Å²) in [6.45, 7) is 0.299. The van der Waals surface area contributed by atoms with Gasteiger partial charge in [0.1, 0.15) is 29.9 Å². The number of aryl methyl sites for hydroxylation is 1. The molecule has 5 aromatic rings. The predicted octanol–water partition coefficient (Wildman–Crippen LogP) is 4.82. The molecule has 1 atom stereocenters. The molecule has 1 N–H and O–H groups in total. The summed E-state index contributed by atoms with van der Waals surface area (Å²) < 4.78 is 9.74. The lowest BCUT2D eigenvalue weighted by atomic mass is 10.1. The van der Waals surface area contributed by atoms with E-state index >= 15 is 0 Å². The van der Waals surface area contributed by atoms with Crippen LogP contribution in [0.15, 0.2) is 91.5 Å². The Balaban J connectivity index is 1.33. The van der Waals surface area contributed by atoms with Crippen molar-refractivity contribution in [3.63, 3.8) is 0 Å². The molecule has 8 heteroatoms. The number of pyridine rings is 1. The highest BCUT2D eigenvalue weighted by Gasteiger charge is 2.21. The van der Waals surface area contributed by atoms with E-state index < -0.39 is 6.04 Å². The normalized spacial score (nSPS) is 11.9. The van der Waals surface area contributed by atoms with Crippen molar-refractivity contribution in [2.45, 2.75) is 12.6 Å². The fourth-order valence-corrected chi connectivity index (χ4v) is 3.89. The van der Waals surface area contributed by atoms with Crippen molar-refractivity contribution >= 4 is 23.2 Å². The van der Waals surface area contributed by atoms with Gasteiger partial charge in [-0.1, -0.05) is 35.9 Å². The Morgan fingerprint density at radius 2 is 1.94 bits per heavy atom. The third kappa shape index (κ3) is 4.65. The lowest BCUT2D eigenvalue weighted by Crippen LogP contribution is -2.31. The Morgan fingerprint density at radius 3 is 2.71 bits per heavy atom. The fraction of sp³-hybridized carbons (Fsp3) is 0.115. The molecule has 1 unspecified atom stereocenters. The number of rotatable bonds is 7. The van der Waals surface area contributed by atoms with Gasteiger partial charge in [0.2, 0.25) is 0 Å². The molecule has 170 valence electrons. The Labute approximate surface area is 201 Å². The molecule has 5 rings (SSSR count). The summed E-state index contributed by atoms with van der Waals surface area (Å²) >= 11 is 6.06. The number of imidazole rings is 2. The maximum atomic E-state index is 13.2. The highest BCUT2D eigenvalue weighted by Crippen LogP contribution is 2.23. The van der Waals surface area contributed by atoms with Crippen LogP contribution in [0.25, 0.3) is 5.65 Å². The molecule has 0 saturated heterocycles. The van der Waals surface area contributed by atoms with Crippen molar-refractivity contribution in [3.8, 4) is 5.75 Å². The van der Waals surface area contributed by atoms with Crippen LogP contribution in [0.5, 0.6) is 5.75 Å². The lowest BCUT2D eigenvalue weighted by Gasteiger charge is -2.19. The molecule has 3 aromatic heterocycles. The summed E-state index contributed by atoms with van der Waals surface area (Å²) in [5.74, 6) is 1.07. The fourth-order valence-electron chi connectivity index (χ4n) is 3.76. The minimum absolute atomic E-state index is 0.235. The van der Waals surface area contributed by atoms with Gasteiger partial charge in [-0.3, -0.25) is 4.79 Å². The van der Waals surface area contributed by atoms with E-state index in [1.807, 2.05) is 71.0 Å². The summed E-state index contributed by atoms with van der Waals surface area (Å²) in [7, 11) is 1.89. The van der Waals surface area contributed by atoms with Crippen LogP contribution in [0.2, 0.25) is 5.02 Å². The molecule has 0 fully saturated rings. The first-order chi connectivity index (χ1) is 16.6. The zero-order chi connectivity index (χ0) is 23.5. The largest absolute Gasteiger partial charge is 0.487 e. The Bertz CT molecular complexity index is 1410. The molecule has 7 nitrogen and oxygen atoms in total. The molecule has 0 saturated carbocycles. The predicted molar refractivity (Wildman–Crippen MR) is 130 cm³/mol. The van der Waals surface area contributed by atoms with Crippen molar-refractivity contribution in [2.24, 2.45) is 7.05 Å². The summed E-state index contributed by atoms with van der Waals surface area (Å²) in [6, 6.07) is 19.9. The average Bonchev–Trinajstić information content (AvgIpc) is 3.47. The summed E-state index contributed by atoms with van der Waals surface area (Å²) in [5, 5.41) is 3.72. The first-order valence-electron chi connectivity index (χ1n) is 10.8. The Hall–Kier alpha value is -4.10. The van der Waals surface area contributed by atoms with Crippen LogP contribution < -0.4 is 10.1 Å². The van der Waals surface area contributed by atoms with Crippen molar-refractivity contribution < 1.29 is 9.53 Å². The van der Waals surface area contributed by atoms with Gasteiger partial charge in [-0.05, 0) is 48.0 Å². The number of carbonyl (C=O) groups is 1. The van der Waals surface area contributed by atoms with Gasteiger partial charge in [0, 0.05) is 42.4 Å². The summed E-state index contributed by atoms with van der Waals surface area (Å²) in [5.41, 5.74) is 3.03. The molecule has 0 aliphatic carbocycles. The number of benzene rings is 2. The SMILES string of the molecule is Cn1ccnc1C(NC(=O)c1cccc(OCc2cn3ccccc3n2)c1)c1ccc(Cl)cc1. The summed E-state index contributed by atoms with van der Waals surface area (Å²) in [6.07, 6.45) is 7.42. The highest BCUT2D eigenvalue weighted by molar-refractivity contribution is 6.30. The second kappa shape index (κ2) is 9.41. The lowest BCUT2D eigenvalue weighted by molar-refractivity contribution is 0.0940. The summed E-state index contributed by atoms with van der Waals surface area (Å²) in [4.78, 5) is 22.2. The van der Waals surface area contributed by atoms with Crippen LogP contribution in [0, 0.1) is 0 Å². The minimum atomic E-state index is -0.438. The minimum Gasteiger partial charge on any atom is -0.487 e. The van der Waals surface area contributed by atoms with E-state index in [0.717, 1.165) is 22.7 Å². The van der Waals surface area contributed by atoms with Gasteiger partial charge in [0.25, 0.3) is 5.91 Å². The number of hydrogen-bond donors (Lipinski definition) is 1. The number of aromatic nitrogens is 4. The number of nitrogens with zero attached hydrogens (tertiary/aromatic N) is 4. The number of fused-ring (bicyclic) bond motifs is 1. The van der Waals surface area contributed by atoms with Gasteiger partial charge >= 0.3 is 0 Å². The molecule has 2 aromatic carbocycles. The third-order valence-corrected chi connectivity index (χ3v) is 5.74. The second-order valence-corrected chi connectivity index (χ2v) is 8.31. The van der Waals surface area contributed by atoms with Crippen molar-refractivity contribution in [1.82, 2.24) is 24.3 Å². The van der Waals surface area contributed by atoms with Gasteiger partial charge in [0.05, 0.1) is 5.69 Å². The zero-order valence-electron chi connectivity index (χ0n) is 18.4. The van der Waals surface area contributed by atoms with Crippen LogP contribution in [-0.4, -0.2) is 24.8 Å². The first-order valence-corrected chi connectivity index (χ1v) is 11.1. The van der Waals surface area contributed by atoms with E-state index in [0.29, 0.717) is 22.9 Å². The number of ether oxygens (including phenoxy) is 1. The Morgan fingerprint density at radius 1 is 1.09 bits per heavy atom. The standard InChI is InChI=1S/C26H22ClN5O2/c1-31-14-12-28-25(31)24(18-8-10-20(27)11-9-18)30-26(33)19-5-4-6-22(15-19)34-17-21-16-32-13-3-2-7-23(32)29-21/h2-16,24H,17H2,1H3,(H,30,33). The van der Waals surface area contributed by atoms with Crippen molar-refractivity contribution in [2.75, 3.05) is 0 Å². The van der Waals surface area contributed by atoms with E-state index in [1.165, 1.54) is 0 Å². The van der Waals surface area contributed by atoms with Crippen molar-refractivity contribution in [1.29, 1.82) is 0 Å². The maximum Gasteiger partial charge on any atom is 0.252 e. The van der Waals surface area contributed by atoms with E-state index in [2.05, 4.69) is 15.3 Å². The van der Waals surface area contributed by atoms with E-state index in [4.69, 9.17) is 16.3 Å². The molecule has 1 amide bonds. The number of carbonyl (C=O) groups excluding carboxylic acids is 1. The van der Waals surface area contributed by atoms with Crippen LogP contribution in [-0.2, 0) is 13.7 Å². The number of nitrogens with one attached hydrogen (secondary N) is 1. The molecule has 0 bridgehead atoms. The Kier molecular flexibility index (Phi) is 6.01. The van der Waals surface area contributed by atoms with Crippen LogP contribution in [0.3, 0.4) is 0 Å². The quantitative estimate of drug-likeness (QED) is 0.369. The molecular formula is C26H22ClN5O2. The van der Waals surface area contributed by atoms with Crippen molar-refractivity contribution in [3.05, 3.63) is 119 Å². The smallest absolute Gasteiger partial charge is 0.252 e. The van der Waals surface area contributed by atoms with Crippen LogP contribution in [0.1, 0.15) is 33.5 Å². The molecule has 0 aliphatic rings. The van der Waals surface area contributed by atoms with Gasteiger partial charge in [-0.25, -0.2) is 9.97 Å². The van der Waals surface area contributed by atoms with Gasteiger partial charge in [-0.2, -0.15) is 0 Å². The molecule has 0 spiro atoms. The maximum absolute atomic E-state index is 13.2. The molecule has 0 aliphatic heterocycles. The van der Waals surface area contributed by atoms with E-state index in [-0.39, 0.29) is 5.91 Å². The molecule has 0 radical (unpaired) electrons. The molecule has 3 heterocycles. The topological polar surface area (TPSA) is 73.5 Å². The van der Waals surface area contributed by atoms with Crippen LogP contribution >= 0.6 is 11.6 Å². The monoisotopic (exact) mass is 471 g/mol. The number of amides is 1. The van der Waals surface area contributed by atoms with E-state index in [9.17, 15) is 4.79 Å². The van der Waals surface area contributed by atoms with E-state index in [1.54, 1.807) is 36.5 Å². The highest BCUT2D eigenvalue weighted by atomic mass is 35.5. The van der Waals surface area contributed by atoms with Crippen LogP contribution in [0.4, 0.5) is 0 Å². The molecular weight excluding hydrogens is 450 g/mol.